The molecule has 4 rings (SSSR count). The third-order valence-corrected chi connectivity index (χ3v) is 4.88. The summed E-state index contributed by atoms with van der Waals surface area (Å²) < 4.78 is 18.7. The third-order valence-electron chi connectivity index (χ3n) is 4.75. The van der Waals surface area contributed by atoms with Gasteiger partial charge >= 0.3 is 0 Å². The molecule has 0 amide bonds. The summed E-state index contributed by atoms with van der Waals surface area (Å²) in [5.74, 6) is 1.66. The van der Waals surface area contributed by atoms with Crippen LogP contribution in [0.1, 0.15) is 18.4 Å². The Bertz CT molecular complexity index is 827. The van der Waals surface area contributed by atoms with Crippen LogP contribution in [-0.2, 0) is 17.7 Å². The maximum absolute atomic E-state index is 12.5. The van der Waals surface area contributed by atoms with E-state index in [0.29, 0.717) is 24.8 Å². The monoisotopic (exact) mass is 359 g/mol. The molecule has 0 unspecified atom stereocenters. The van der Waals surface area contributed by atoms with Gasteiger partial charge in [0, 0.05) is 30.8 Å². The highest BCUT2D eigenvalue weighted by molar-refractivity contribution is 7.80. The summed E-state index contributed by atoms with van der Waals surface area (Å²) in [7, 11) is 0. The molecule has 0 aliphatic carbocycles. The van der Waals surface area contributed by atoms with E-state index < -0.39 is 0 Å². The molecule has 25 heavy (non-hydrogen) atoms. The molecule has 2 aliphatic rings. The number of ether oxygens (including phenoxy) is 3. The first-order chi connectivity index (χ1) is 12.2. The molecule has 1 fully saturated rings. The number of thiol groups is 1. The fourth-order valence-corrected chi connectivity index (χ4v) is 3.63. The first kappa shape index (κ1) is 16.5. The van der Waals surface area contributed by atoms with Gasteiger partial charge in [0.1, 0.15) is 24.0 Å². The first-order valence-corrected chi connectivity index (χ1v) is 9.24. The SMILES string of the molecule is O=c1cc(OC[C@H]2CCCO2)cc2n1CCc1ccc(OCS)cc1-2. The van der Waals surface area contributed by atoms with Crippen LogP contribution in [0.3, 0.4) is 0 Å². The van der Waals surface area contributed by atoms with Gasteiger partial charge in [-0.25, -0.2) is 0 Å². The van der Waals surface area contributed by atoms with Crippen LogP contribution < -0.4 is 15.0 Å². The van der Waals surface area contributed by atoms with E-state index in [0.717, 1.165) is 42.9 Å². The molecule has 1 aromatic carbocycles. The Morgan fingerprint density at radius 2 is 2.12 bits per heavy atom. The molecular weight excluding hydrogens is 338 g/mol. The lowest BCUT2D eigenvalue weighted by molar-refractivity contribution is 0.0679. The third kappa shape index (κ3) is 3.41. The lowest BCUT2D eigenvalue weighted by Gasteiger charge is -2.23. The highest BCUT2D eigenvalue weighted by Gasteiger charge is 2.20. The average molecular weight is 359 g/mol. The smallest absolute Gasteiger partial charge is 0.254 e. The predicted molar refractivity (Wildman–Crippen MR) is 98.8 cm³/mol. The Kier molecular flexibility index (Phi) is 4.72. The van der Waals surface area contributed by atoms with E-state index in [4.69, 9.17) is 14.2 Å². The van der Waals surface area contributed by atoms with Crippen molar-refractivity contribution in [1.29, 1.82) is 0 Å². The van der Waals surface area contributed by atoms with Crippen LogP contribution in [-0.4, -0.2) is 29.8 Å². The quantitative estimate of drug-likeness (QED) is 0.659. The Balaban J connectivity index is 1.66. The fourth-order valence-electron chi connectivity index (χ4n) is 3.48. The van der Waals surface area contributed by atoms with Crippen molar-refractivity contribution in [2.75, 3.05) is 19.2 Å². The van der Waals surface area contributed by atoms with E-state index in [1.165, 1.54) is 5.56 Å². The molecule has 5 nitrogen and oxygen atoms in total. The summed E-state index contributed by atoms with van der Waals surface area (Å²) in [6.07, 6.45) is 3.04. The van der Waals surface area contributed by atoms with E-state index in [1.807, 2.05) is 18.2 Å². The summed E-state index contributed by atoms with van der Waals surface area (Å²) >= 11 is 4.11. The molecule has 0 radical (unpaired) electrons. The number of rotatable bonds is 5. The molecule has 1 saturated heterocycles. The van der Waals surface area contributed by atoms with Gasteiger partial charge in [0.15, 0.2) is 0 Å². The average Bonchev–Trinajstić information content (AvgIpc) is 3.14. The van der Waals surface area contributed by atoms with E-state index in [2.05, 4.69) is 18.7 Å². The van der Waals surface area contributed by atoms with Crippen LogP contribution in [0.2, 0.25) is 0 Å². The fraction of sp³-hybridized carbons (Fsp3) is 0.421. The van der Waals surface area contributed by atoms with Crippen LogP contribution in [0.25, 0.3) is 11.3 Å². The first-order valence-electron chi connectivity index (χ1n) is 8.61. The van der Waals surface area contributed by atoms with Crippen molar-refractivity contribution in [1.82, 2.24) is 4.57 Å². The molecule has 0 bridgehead atoms. The molecule has 0 saturated carbocycles. The summed E-state index contributed by atoms with van der Waals surface area (Å²) in [5, 5.41) is 0. The van der Waals surface area contributed by atoms with Gasteiger partial charge in [-0.3, -0.25) is 4.79 Å². The number of aryl methyl sites for hydroxylation is 1. The number of aromatic nitrogens is 1. The van der Waals surface area contributed by atoms with Gasteiger partial charge in [-0.2, -0.15) is 0 Å². The Morgan fingerprint density at radius 3 is 2.92 bits per heavy atom. The minimum atomic E-state index is -0.0361. The molecule has 2 aromatic rings. The maximum Gasteiger partial charge on any atom is 0.254 e. The number of nitrogens with zero attached hydrogens (tertiary/aromatic N) is 1. The second-order valence-corrected chi connectivity index (χ2v) is 6.61. The highest BCUT2D eigenvalue weighted by atomic mass is 32.1. The van der Waals surface area contributed by atoms with Crippen molar-refractivity contribution in [3.8, 4) is 22.8 Å². The van der Waals surface area contributed by atoms with Crippen molar-refractivity contribution < 1.29 is 14.2 Å². The number of hydrogen-bond acceptors (Lipinski definition) is 5. The zero-order chi connectivity index (χ0) is 17.2. The summed E-state index contributed by atoms with van der Waals surface area (Å²) in [6, 6.07) is 9.48. The number of hydrogen-bond donors (Lipinski definition) is 1. The van der Waals surface area contributed by atoms with Crippen molar-refractivity contribution in [3.05, 3.63) is 46.2 Å². The van der Waals surface area contributed by atoms with Gasteiger partial charge in [0.25, 0.3) is 5.56 Å². The highest BCUT2D eigenvalue weighted by Crippen LogP contribution is 2.33. The van der Waals surface area contributed by atoms with E-state index in [9.17, 15) is 4.79 Å². The molecule has 132 valence electrons. The van der Waals surface area contributed by atoms with Crippen LogP contribution in [0.5, 0.6) is 11.5 Å². The molecule has 0 N–H and O–H groups in total. The van der Waals surface area contributed by atoms with E-state index in [1.54, 1.807) is 10.6 Å². The Hall–Kier alpha value is -1.92. The second kappa shape index (κ2) is 7.14. The second-order valence-electron chi connectivity index (χ2n) is 6.35. The van der Waals surface area contributed by atoms with Gasteiger partial charge in [0.05, 0.1) is 11.8 Å². The largest absolute Gasteiger partial charge is 0.491 e. The van der Waals surface area contributed by atoms with Crippen molar-refractivity contribution >= 4 is 12.6 Å². The van der Waals surface area contributed by atoms with E-state index in [-0.39, 0.29) is 11.7 Å². The molecule has 1 atom stereocenters. The molecule has 2 aliphatic heterocycles. The standard InChI is InChI=1S/C19H21NO4S/c21-19-10-16(23-11-15-2-1-7-22-15)9-18-17-8-14(24-12-25)4-3-13(17)5-6-20(18)19/h3-4,8-10,15,25H,1-2,5-7,11-12H2/t15-/m1/s1. The molecule has 1 aromatic heterocycles. The Morgan fingerprint density at radius 1 is 1.20 bits per heavy atom. The molecule has 0 spiro atoms. The zero-order valence-corrected chi connectivity index (χ0v) is 14.8. The lowest BCUT2D eigenvalue weighted by atomic mass is 9.97. The van der Waals surface area contributed by atoms with E-state index >= 15 is 0 Å². The minimum Gasteiger partial charge on any atom is -0.491 e. The van der Waals surface area contributed by atoms with Crippen molar-refractivity contribution in [2.45, 2.75) is 31.9 Å². The maximum atomic E-state index is 12.5. The van der Waals surface area contributed by atoms with Crippen molar-refractivity contribution in [2.24, 2.45) is 0 Å². The number of pyridine rings is 1. The van der Waals surface area contributed by atoms with Gasteiger partial charge in [0.2, 0.25) is 0 Å². The van der Waals surface area contributed by atoms with Crippen LogP contribution >= 0.6 is 12.6 Å². The topological polar surface area (TPSA) is 49.7 Å². The van der Waals surface area contributed by atoms with Crippen LogP contribution in [0, 0.1) is 0 Å². The van der Waals surface area contributed by atoms with Gasteiger partial charge in [-0.1, -0.05) is 6.07 Å². The molecule has 6 heteroatoms. The van der Waals surface area contributed by atoms with Gasteiger partial charge in [-0.15, -0.1) is 12.6 Å². The summed E-state index contributed by atoms with van der Waals surface area (Å²) in [4.78, 5) is 12.5. The molecule has 3 heterocycles. The zero-order valence-electron chi connectivity index (χ0n) is 13.9. The Labute approximate surface area is 151 Å². The lowest BCUT2D eigenvalue weighted by Crippen LogP contribution is -2.26. The van der Waals surface area contributed by atoms with Crippen LogP contribution in [0.15, 0.2) is 35.1 Å². The van der Waals surface area contributed by atoms with Gasteiger partial charge < -0.3 is 18.8 Å². The van der Waals surface area contributed by atoms with Crippen LogP contribution in [0.4, 0.5) is 0 Å². The number of fused-ring (bicyclic) bond motifs is 3. The normalized spacial score (nSPS) is 18.5. The van der Waals surface area contributed by atoms with Crippen molar-refractivity contribution in [3.63, 3.8) is 0 Å². The predicted octanol–water partition coefficient (Wildman–Crippen LogP) is 2.90. The summed E-state index contributed by atoms with van der Waals surface area (Å²) in [5.41, 5.74) is 3.07. The minimum absolute atomic E-state index is 0.0361. The number of benzene rings is 1. The summed E-state index contributed by atoms with van der Waals surface area (Å²) in [6.45, 7) is 1.96. The van der Waals surface area contributed by atoms with Gasteiger partial charge in [-0.05, 0) is 37.0 Å². The molecular formula is C19H21NO4S.